The molecule has 3 aromatic rings. The van der Waals surface area contributed by atoms with Crippen molar-refractivity contribution in [3.8, 4) is 0 Å². The molecule has 26 heavy (non-hydrogen) atoms. The average molecular weight is 400 g/mol. The first kappa shape index (κ1) is 17.8. The molecule has 1 aromatic carbocycles. The SMILES string of the molecule is Cc1cc(C2=CNC(c3ccccc3Cl)C2c2cc(C)sc2C)c(C)s1. The van der Waals surface area contributed by atoms with Gasteiger partial charge in [0.25, 0.3) is 0 Å². The van der Waals surface area contributed by atoms with E-state index in [1.165, 1.54) is 41.8 Å². The monoisotopic (exact) mass is 399 g/mol. The van der Waals surface area contributed by atoms with Gasteiger partial charge in [0.2, 0.25) is 0 Å². The topological polar surface area (TPSA) is 12.0 Å². The Hall–Kier alpha value is -1.55. The maximum absolute atomic E-state index is 6.57. The second-order valence-electron chi connectivity index (χ2n) is 6.94. The highest BCUT2D eigenvalue weighted by molar-refractivity contribution is 7.12. The van der Waals surface area contributed by atoms with Crippen LogP contribution in [0.1, 0.15) is 48.2 Å². The van der Waals surface area contributed by atoms with E-state index in [0.717, 1.165) is 5.02 Å². The highest BCUT2D eigenvalue weighted by Gasteiger charge is 2.36. The summed E-state index contributed by atoms with van der Waals surface area (Å²) in [5.74, 6) is 0.271. The first-order valence-corrected chi connectivity index (χ1v) is 10.8. The summed E-state index contributed by atoms with van der Waals surface area (Å²) >= 11 is 10.3. The third-order valence-corrected chi connectivity index (χ3v) is 7.39. The molecule has 2 atom stereocenters. The Morgan fingerprint density at radius 3 is 2.19 bits per heavy atom. The van der Waals surface area contributed by atoms with Crippen LogP contribution in [0.2, 0.25) is 5.02 Å². The van der Waals surface area contributed by atoms with E-state index in [4.69, 9.17) is 11.6 Å². The first-order chi connectivity index (χ1) is 12.5. The molecule has 0 saturated carbocycles. The van der Waals surface area contributed by atoms with Gasteiger partial charge in [-0.1, -0.05) is 29.8 Å². The number of halogens is 1. The predicted molar refractivity (Wildman–Crippen MR) is 116 cm³/mol. The van der Waals surface area contributed by atoms with Crippen molar-refractivity contribution in [1.29, 1.82) is 0 Å². The lowest BCUT2D eigenvalue weighted by Gasteiger charge is -2.24. The van der Waals surface area contributed by atoms with Crippen LogP contribution < -0.4 is 5.32 Å². The van der Waals surface area contributed by atoms with E-state index in [1.54, 1.807) is 0 Å². The second kappa shape index (κ2) is 6.88. The summed E-state index contributed by atoms with van der Waals surface area (Å²) in [6, 6.07) is 13.0. The molecule has 0 aliphatic carbocycles. The molecule has 0 spiro atoms. The molecule has 4 heteroatoms. The van der Waals surface area contributed by atoms with Crippen molar-refractivity contribution in [1.82, 2.24) is 5.32 Å². The van der Waals surface area contributed by atoms with Gasteiger partial charge >= 0.3 is 0 Å². The maximum atomic E-state index is 6.57. The summed E-state index contributed by atoms with van der Waals surface area (Å²) in [5.41, 5.74) is 5.32. The molecule has 0 bridgehead atoms. The molecular weight excluding hydrogens is 378 g/mol. The standard InChI is InChI=1S/C22H22ClNS2/c1-12-9-17(14(3)25-12)19-11-24-22(16-7-5-6-8-20(16)23)21(19)18-10-13(2)26-15(18)4/h5-11,21-22,24H,1-4H3. The summed E-state index contributed by atoms with van der Waals surface area (Å²) in [4.78, 5) is 5.49. The van der Waals surface area contributed by atoms with Crippen molar-refractivity contribution in [3.05, 3.63) is 83.8 Å². The molecule has 0 fully saturated rings. The Labute approximate surface area is 168 Å². The molecule has 0 saturated heterocycles. The second-order valence-corrected chi connectivity index (χ2v) is 10.3. The average Bonchev–Trinajstić information content (AvgIpc) is 3.24. The summed E-state index contributed by atoms with van der Waals surface area (Å²) < 4.78 is 0. The number of nitrogens with one attached hydrogen (secondary N) is 1. The van der Waals surface area contributed by atoms with Gasteiger partial charge in [0.05, 0.1) is 6.04 Å². The van der Waals surface area contributed by atoms with E-state index in [2.05, 4.69) is 63.5 Å². The molecule has 1 aliphatic heterocycles. The van der Waals surface area contributed by atoms with Gasteiger partial charge in [-0.3, -0.25) is 0 Å². The van der Waals surface area contributed by atoms with Gasteiger partial charge in [-0.2, -0.15) is 0 Å². The fourth-order valence-electron chi connectivity index (χ4n) is 4.01. The Kier molecular flexibility index (Phi) is 4.72. The number of aryl methyl sites for hydroxylation is 4. The minimum absolute atomic E-state index is 0.158. The van der Waals surface area contributed by atoms with E-state index < -0.39 is 0 Å². The third kappa shape index (κ3) is 3.02. The molecule has 4 rings (SSSR count). The van der Waals surface area contributed by atoms with Crippen LogP contribution >= 0.6 is 34.3 Å². The van der Waals surface area contributed by atoms with E-state index in [9.17, 15) is 0 Å². The minimum atomic E-state index is 0.158. The lowest BCUT2D eigenvalue weighted by Crippen LogP contribution is -2.18. The molecular formula is C22H22ClNS2. The van der Waals surface area contributed by atoms with Crippen LogP contribution in [0, 0.1) is 27.7 Å². The molecule has 134 valence electrons. The molecule has 0 amide bonds. The Bertz CT molecular complexity index is 995. The van der Waals surface area contributed by atoms with E-state index in [1.807, 2.05) is 34.8 Å². The fraction of sp³-hybridized carbons (Fsp3) is 0.273. The third-order valence-electron chi connectivity index (χ3n) is 5.09. The number of benzene rings is 1. The lowest BCUT2D eigenvalue weighted by molar-refractivity contribution is 0.610. The van der Waals surface area contributed by atoms with Crippen molar-refractivity contribution in [2.45, 2.75) is 39.7 Å². The molecule has 2 unspecified atom stereocenters. The summed E-state index contributed by atoms with van der Waals surface area (Å²) in [7, 11) is 0. The number of hydrogen-bond donors (Lipinski definition) is 1. The van der Waals surface area contributed by atoms with Gasteiger partial charge in [0.1, 0.15) is 0 Å². The molecule has 1 N–H and O–H groups in total. The Balaban J connectivity index is 1.86. The zero-order chi connectivity index (χ0) is 18.4. The van der Waals surface area contributed by atoms with E-state index in [0.29, 0.717) is 0 Å². The fourth-order valence-corrected chi connectivity index (χ4v) is 6.18. The molecule has 3 heterocycles. The van der Waals surface area contributed by atoms with Crippen LogP contribution in [0.25, 0.3) is 5.57 Å². The largest absolute Gasteiger partial charge is 0.383 e. The van der Waals surface area contributed by atoms with Crippen LogP contribution in [0.15, 0.2) is 42.6 Å². The number of hydrogen-bond acceptors (Lipinski definition) is 3. The first-order valence-electron chi connectivity index (χ1n) is 8.80. The summed E-state index contributed by atoms with van der Waals surface area (Å²) in [6.07, 6.45) is 2.21. The molecule has 1 nitrogen and oxygen atoms in total. The lowest BCUT2D eigenvalue weighted by atomic mass is 9.82. The highest BCUT2D eigenvalue weighted by atomic mass is 35.5. The zero-order valence-corrected chi connectivity index (χ0v) is 17.8. The number of thiophene rings is 2. The van der Waals surface area contributed by atoms with E-state index in [-0.39, 0.29) is 12.0 Å². The van der Waals surface area contributed by atoms with Gasteiger partial charge in [0, 0.05) is 36.6 Å². The minimum Gasteiger partial charge on any atom is -0.383 e. The van der Waals surface area contributed by atoms with Crippen LogP contribution in [-0.2, 0) is 0 Å². The Morgan fingerprint density at radius 1 is 0.885 bits per heavy atom. The van der Waals surface area contributed by atoms with Gasteiger partial charge in [-0.25, -0.2) is 0 Å². The van der Waals surface area contributed by atoms with Gasteiger partial charge < -0.3 is 5.32 Å². The molecule has 1 aliphatic rings. The number of rotatable bonds is 3. The normalized spacial score (nSPS) is 19.5. The predicted octanol–water partition coefficient (Wildman–Crippen LogP) is 7.17. The van der Waals surface area contributed by atoms with Crippen LogP contribution in [0.5, 0.6) is 0 Å². The van der Waals surface area contributed by atoms with Crippen molar-refractivity contribution < 1.29 is 0 Å². The van der Waals surface area contributed by atoms with Crippen molar-refractivity contribution in [3.63, 3.8) is 0 Å². The van der Waals surface area contributed by atoms with Crippen molar-refractivity contribution in [2.75, 3.05) is 0 Å². The van der Waals surface area contributed by atoms with E-state index >= 15 is 0 Å². The maximum Gasteiger partial charge on any atom is 0.0633 e. The summed E-state index contributed by atoms with van der Waals surface area (Å²) in [6.45, 7) is 8.83. The Morgan fingerprint density at radius 2 is 1.58 bits per heavy atom. The quantitative estimate of drug-likeness (QED) is 0.492. The van der Waals surface area contributed by atoms with Crippen LogP contribution in [0.4, 0.5) is 0 Å². The highest BCUT2D eigenvalue weighted by Crippen LogP contribution is 2.50. The van der Waals surface area contributed by atoms with Gasteiger partial charge in [0.15, 0.2) is 0 Å². The van der Waals surface area contributed by atoms with Crippen molar-refractivity contribution in [2.24, 2.45) is 0 Å². The molecule has 2 aromatic heterocycles. The van der Waals surface area contributed by atoms with Gasteiger partial charge in [-0.05, 0) is 68.2 Å². The van der Waals surface area contributed by atoms with Crippen LogP contribution in [-0.4, -0.2) is 0 Å². The zero-order valence-electron chi connectivity index (χ0n) is 15.4. The van der Waals surface area contributed by atoms with Crippen LogP contribution in [0.3, 0.4) is 0 Å². The smallest absolute Gasteiger partial charge is 0.0633 e. The molecule has 0 radical (unpaired) electrons. The summed E-state index contributed by atoms with van der Waals surface area (Å²) in [5, 5.41) is 4.47. The van der Waals surface area contributed by atoms with Gasteiger partial charge in [-0.15, -0.1) is 22.7 Å². The van der Waals surface area contributed by atoms with Crippen molar-refractivity contribution >= 4 is 39.8 Å².